The Morgan fingerprint density at radius 3 is 2.90 bits per heavy atom. The second-order valence-electron chi connectivity index (χ2n) is 4.80. The molecule has 1 N–H and O–H groups in total. The Bertz CT molecular complexity index is 591. The Kier molecular flexibility index (Phi) is 4.57. The highest BCUT2D eigenvalue weighted by atomic mass is 32.1. The second kappa shape index (κ2) is 6.19. The Labute approximate surface area is 122 Å². The first kappa shape index (κ1) is 14.7. The van der Waals surface area contributed by atoms with Crippen LogP contribution in [0.4, 0.5) is 0 Å². The second-order valence-corrected chi connectivity index (χ2v) is 6.09. The fourth-order valence-corrected chi connectivity index (χ4v) is 2.70. The van der Waals surface area contributed by atoms with Crippen molar-refractivity contribution in [3.8, 4) is 10.6 Å². The molecule has 0 saturated carbocycles. The van der Waals surface area contributed by atoms with Gasteiger partial charge in [0.05, 0.1) is 23.2 Å². The molecule has 1 amide bonds. The molecule has 5 nitrogen and oxygen atoms in total. The van der Waals surface area contributed by atoms with E-state index in [0.717, 1.165) is 10.6 Å². The minimum atomic E-state index is -0.106. The number of likely N-dealkylation sites (N-methyl/N-ethyl adjacent to an activating group) is 1. The van der Waals surface area contributed by atoms with E-state index in [-0.39, 0.29) is 11.9 Å². The highest BCUT2D eigenvalue weighted by molar-refractivity contribution is 7.15. The fraction of sp³-hybridized carbons (Fsp3) is 0.429. The molecule has 0 spiro atoms. The van der Waals surface area contributed by atoms with Gasteiger partial charge in [0.25, 0.3) is 5.91 Å². The molecule has 2 rings (SSSR count). The maximum Gasteiger partial charge on any atom is 0.274 e. The summed E-state index contributed by atoms with van der Waals surface area (Å²) in [6, 6.07) is 5.88. The van der Waals surface area contributed by atoms with Crippen LogP contribution >= 0.6 is 11.3 Å². The van der Waals surface area contributed by atoms with Gasteiger partial charge >= 0.3 is 0 Å². The number of hydrogen-bond donors (Lipinski definition) is 1. The highest BCUT2D eigenvalue weighted by Crippen LogP contribution is 2.26. The van der Waals surface area contributed by atoms with E-state index in [9.17, 15) is 4.79 Å². The molecule has 1 unspecified atom stereocenters. The largest absolute Gasteiger partial charge is 0.383 e. The van der Waals surface area contributed by atoms with E-state index in [1.165, 1.54) is 4.88 Å². The van der Waals surface area contributed by atoms with E-state index in [2.05, 4.69) is 23.2 Å². The number of aromatic nitrogens is 2. The number of ether oxygens (including phenoxy) is 1. The van der Waals surface area contributed by atoms with Gasteiger partial charge in [-0.3, -0.25) is 9.89 Å². The number of H-pyrrole nitrogens is 1. The number of aryl methyl sites for hydroxylation is 1. The Morgan fingerprint density at radius 1 is 1.55 bits per heavy atom. The zero-order valence-electron chi connectivity index (χ0n) is 12.1. The summed E-state index contributed by atoms with van der Waals surface area (Å²) >= 11 is 1.67. The van der Waals surface area contributed by atoms with Crippen molar-refractivity contribution >= 4 is 17.2 Å². The summed E-state index contributed by atoms with van der Waals surface area (Å²) in [4.78, 5) is 16.3. The molecule has 0 bridgehead atoms. The molecule has 1 atom stereocenters. The predicted octanol–water partition coefficient (Wildman–Crippen LogP) is 2.55. The summed E-state index contributed by atoms with van der Waals surface area (Å²) in [7, 11) is 3.39. The van der Waals surface area contributed by atoms with Crippen molar-refractivity contribution in [3.05, 3.63) is 28.8 Å². The number of amides is 1. The first-order valence-corrected chi connectivity index (χ1v) is 7.23. The Balaban J connectivity index is 2.14. The van der Waals surface area contributed by atoms with Crippen molar-refractivity contribution in [1.82, 2.24) is 15.1 Å². The van der Waals surface area contributed by atoms with Gasteiger partial charge in [-0.15, -0.1) is 11.3 Å². The zero-order chi connectivity index (χ0) is 14.7. The summed E-state index contributed by atoms with van der Waals surface area (Å²) in [6.07, 6.45) is 0. The summed E-state index contributed by atoms with van der Waals surface area (Å²) in [5, 5.41) is 7.04. The van der Waals surface area contributed by atoms with Crippen LogP contribution in [-0.4, -0.2) is 47.8 Å². The molecule has 0 aliphatic heterocycles. The lowest BCUT2D eigenvalue weighted by molar-refractivity contribution is 0.0628. The van der Waals surface area contributed by atoms with E-state index < -0.39 is 0 Å². The van der Waals surface area contributed by atoms with Crippen LogP contribution in [-0.2, 0) is 4.74 Å². The van der Waals surface area contributed by atoms with E-state index in [0.29, 0.717) is 12.3 Å². The molecule has 2 aromatic heterocycles. The number of hydrogen-bond acceptors (Lipinski definition) is 4. The van der Waals surface area contributed by atoms with E-state index in [1.54, 1.807) is 36.5 Å². The SMILES string of the molecule is COCC(C)N(C)C(=O)c1cc(-c2ccc(C)s2)[nH]n1. The Morgan fingerprint density at radius 2 is 2.30 bits per heavy atom. The normalized spacial score (nSPS) is 12.4. The molecule has 0 aliphatic carbocycles. The van der Waals surface area contributed by atoms with E-state index >= 15 is 0 Å². The molecule has 0 aromatic carbocycles. The lowest BCUT2D eigenvalue weighted by atomic mass is 10.2. The van der Waals surface area contributed by atoms with Gasteiger partial charge in [0.15, 0.2) is 5.69 Å². The number of carbonyl (C=O) groups is 1. The summed E-state index contributed by atoms with van der Waals surface area (Å²) in [6.45, 7) is 4.50. The lowest BCUT2D eigenvalue weighted by Gasteiger charge is -2.23. The number of methoxy groups -OCH3 is 1. The van der Waals surface area contributed by atoms with Crippen LogP contribution in [0.2, 0.25) is 0 Å². The molecule has 20 heavy (non-hydrogen) atoms. The standard InChI is InChI=1S/C14H19N3O2S/c1-9(8-19-4)17(3)14(18)12-7-11(15-16-12)13-6-5-10(2)20-13/h5-7,9H,8H2,1-4H3,(H,15,16). The van der Waals surface area contributed by atoms with Gasteiger partial charge in [-0.2, -0.15) is 5.10 Å². The average molecular weight is 293 g/mol. The number of nitrogens with zero attached hydrogens (tertiary/aromatic N) is 2. The van der Waals surface area contributed by atoms with Gasteiger partial charge in [-0.25, -0.2) is 0 Å². The van der Waals surface area contributed by atoms with Crippen LogP contribution in [0.25, 0.3) is 10.6 Å². The summed E-state index contributed by atoms with van der Waals surface area (Å²) in [5.41, 5.74) is 1.30. The molecule has 0 saturated heterocycles. The third-order valence-electron chi connectivity index (χ3n) is 3.19. The minimum absolute atomic E-state index is 0.0108. The van der Waals surface area contributed by atoms with Gasteiger partial charge in [-0.05, 0) is 32.0 Å². The third kappa shape index (κ3) is 3.08. The highest BCUT2D eigenvalue weighted by Gasteiger charge is 2.20. The zero-order valence-corrected chi connectivity index (χ0v) is 13.0. The van der Waals surface area contributed by atoms with E-state index in [1.807, 2.05) is 13.0 Å². The maximum absolute atomic E-state index is 12.3. The van der Waals surface area contributed by atoms with Crippen molar-refractivity contribution in [1.29, 1.82) is 0 Å². The topological polar surface area (TPSA) is 58.2 Å². The quantitative estimate of drug-likeness (QED) is 0.921. The Hall–Kier alpha value is -1.66. The van der Waals surface area contributed by atoms with Gasteiger partial charge in [0.2, 0.25) is 0 Å². The minimum Gasteiger partial charge on any atom is -0.383 e. The first-order chi connectivity index (χ1) is 9.52. The van der Waals surface area contributed by atoms with Crippen LogP contribution in [0.15, 0.2) is 18.2 Å². The van der Waals surface area contributed by atoms with Crippen LogP contribution in [0, 0.1) is 6.92 Å². The van der Waals surface area contributed by atoms with Crippen molar-refractivity contribution in [2.24, 2.45) is 0 Å². The average Bonchev–Trinajstić information content (AvgIpc) is 3.05. The molecular weight excluding hydrogens is 274 g/mol. The van der Waals surface area contributed by atoms with Crippen molar-refractivity contribution in [3.63, 3.8) is 0 Å². The van der Waals surface area contributed by atoms with Gasteiger partial charge in [0, 0.05) is 19.0 Å². The van der Waals surface area contributed by atoms with Gasteiger partial charge < -0.3 is 9.64 Å². The van der Waals surface area contributed by atoms with Crippen molar-refractivity contribution in [2.75, 3.05) is 20.8 Å². The van der Waals surface area contributed by atoms with Crippen LogP contribution in [0.3, 0.4) is 0 Å². The van der Waals surface area contributed by atoms with Gasteiger partial charge in [-0.1, -0.05) is 0 Å². The van der Waals surface area contributed by atoms with Crippen LogP contribution < -0.4 is 0 Å². The molecule has 6 heteroatoms. The number of rotatable bonds is 5. The smallest absolute Gasteiger partial charge is 0.274 e. The monoisotopic (exact) mass is 293 g/mol. The van der Waals surface area contributed by atoms with Crippen LogP contribution in [0.5, 0.6) is 0 Å². The summed E-state index contributed by atoms with van der Waals surface area (Å²) in [5.74, 6) is -0.106. The number of carbonyl (C=O) groups excluding carboxylic acids is 1. The van der Waals surface area contributed by atoms with Crippen molar-refractivity contribution < 1.29 is 9.53 Å². The summed E-state index contributed by atoms with van der Waals surface area (Å²) < 4.78 is 5.07. The van der Waals surface area contributed by atoms with Gasteiger partial charge in [0.1, 0.15) is 0 Å². The molecule has 108 valence electrons. The molecule has 0 aliphatic rings. The predicted molar refractivity (Wildman–Crippen MR) is 80.1 cm³/mol. The first-order valence-electron chi connectivity index (χ1n) is 6.41. The molecular formula is C14H19N3O2S. The molecule has 2 aromatic rings. The number of aromatic amines is 1. The van der Waals surface area contributed by atoms with Crippen LogP contribution in [0.1, 0.15) is 22.3 Å². The fourth-order valence-electron chi connectivity index (χ4n) is 1.87. The van der Waals surface area contributed by atoms with Crippen molar-refractivity contribution in [2.45, 2.75) is 19.9 Å². The number of thiophene rings is 1. The third-order valence-corrected chi connectivity index (χ3v) is 4.23. The lowest BCUT2D eigenvalue weighted by Crippen LogP contribution is -2.38. The molecule has 0 fully saturated rings. The molecule has 2 heterocycles. The molecule has 0 radical (unpaired) electrons. The maximum atomic E-state index is 12.3. The number of nitrogens with one attached hydrogen (secondary N) is 1. The van der Waals surface area contributed by atoms with E-state index in [4.69, 9.17) is 4.74 Å².